The number of nitrogens with zero attached hydrogens (tertiary/aromatic N) is 4. The summed E-state index contributed by atoms with van der Waals surface area (Å²) in [4.78, 5) is 72.6. The number of hydrogen-bond donors (Lipinski definition) is 1. The minimum atomic E-state index is -0.607. The highest BCUT2D eigenvalue weighted by Gasteiger charge is 2.33. The molecule has 2 saturated carbocycles. The lowest BCUT2D eigenvalue weighted by atomic mass is 9.92. The molecule has 0 bridgehead atoms. The van der Waals surface area contributed by atoms with Gasteiger partial charge >= 0.3 is 11.4 Å². The highest BCUT2D eigenvalue weighted by atomic mass is 35.5. The molecule has 2 unspecified atom stereocenters. The minimum Gasteiger partial charge on any atom is -0.384 e. The molecule has 2 heterocycles. The molecule has 2 atom stereocenters. The highest BCUT2D eigenvalue weighted by molar-refractivity contribution is 6.19. The van der Waals surface area contributed by atoms with Crippen LogP contribution in [0.1, 0.15) is 61.7 Å². The van der Waals surface area contributed by atoms with E-state index in [1.54, 1.807) is 44.4 Å². The number of alkyl halides is 1. The van der Waals surface area contributed by atoms with Crippen LogP contribution in [0.4, 0.5) is 0 Å². The smallest absolute Gasteiger partial charge is 0.329 e. The second-order valence-corrected chi connectivity index (χ2v) is 11.4. The zero-order valence-electron chi connectivity index (χ0n) is 25.3. The number of fused-ring (bicyclic) bond motifs is 2. The van der Waals surface area contributed by atoms with E-state index in [9.17, 15) is 28.8 Å². The van der Waals surface area contributed by atoms with Crippen LogP contribution in [0.2, 0.25) is 0 Å². The van der Waals surface area contributed by atoms with Crippen LogP contribution < -0.4 is 11.4 Å². The molecule has 2 fully saturated rings. The summed E-state index contributed by atoms with van der Waals surface area (Å²) in [7, 11) is 3.29. The number of aliphatic hydroxyl groups is 1. The van der Waals surface area contributed by atoms with Crippen LogP contribution in [-0.2, 0) is 33.3 Å². The van der Waals surface area contributed by atoms with Crippen molar-refractivity contribution < 1.29 is 24.3 Å². The minimum absolute atomic E-state index is 0.0618. The Bertz CT molecular complexity index is 2010. The molecule has 0 spiro atoms. The summed E-state index contributed by atoms with van der Waals surface area (Å²) in [6, 6.07) is 9.52. The van der Waals surface area contributed by atoms with Gasteiger partial charge in [-0.1, -0.05) is 35.8 Å². The maximum Gasteiger partial charge on any atom is 0.329 e. The number of halogens is 1. The molecule has 46 heavy (non-hydrogen) atoms. The van der Waals surface area contributed by atoms with Crippen LogP contribution in [0.5, 0.6) is 0 Å². The molecular formula is C34H31ClN4O7. The molecule has 0 saturated heterocycles. The van der Waals surface area contributed by atoms with Gasteiger partial charge < -0.3 is 5.11 Å². The summed E-state index contributed by atoms with van der Waals surface area (Å²) in [5, 5.41) is 8.87. The number of ketones is 4. The number of benzene rings is 2. The van der Waals surface area contributed by atoms with E-state index in [-0.39, 0.29) is 59.8 Å². The molecule has 0 radical (unpaired) electrons. The summed E-state index contributed by atoms with van der Waals surface area (Å²) in [5.74, 6) is 10.8. The number of para-hydroxylation sites is 2. The van der Waals surface area contributed by atoms with Crippen molar-refractivity contribution in [3.8, 4) is 23.7 Å². The third-order valence-corrected chi connectivity index (χ3v) is 8.43. The van der Waals surface area contributed by atoms with Gasteiger partial charge in [0.1, 0.15) is 18.2 Å². The number of Topliss-reactive ketones (excluding diaryl/α,β-unsaturated/α-hetero) is 4. The van der Waals surface area contributed by atoms with Crippen molar-refractivity contribution in [2.75, 3.05) is 12.5 Å². The first kappa shape index (κ1) is 32.4. The van der Waals surface area contributed by atoms with E-state index in [1.165, 1.54) is 18.3 Å². The molecule has 12 heteroatoms. The zero-order valence-corrected chi connectivity index (χ0v) is 26.1. The van der Waals surface area contributed by atoms with Crippen LogP contribution >= 0.6 is 11.6 Å². The second kappa shape index (κ2) is 13.6. The van der Waals surface area contributed by atoms with Crippen molar-refractivity contribution in [2.45, 2.75) is 50.6 Å². The van der Waals surface area contributed by atoms with Crippen molar-refractivity contribution in [1.82, 2.24) is 18.3 Å². The Balaban J connectivity index is 0.000000181. The largest absolute Gasteiger partial charge is 0.384 e. The first-order valence-corrected chi connectivity index (χ1v) is 15.3. The van der Waals surface area contributed by atoms with Gasteiger partial charge in [-0.3, -0.25) is 37.4 Å². The number of hydrogen-bond acceptors (Lipinski definition) is 7. The summed E-state index contributed by atoms with van der Waals surface area (Å²) in [6.45, 7) is -0.270. The van der Waals surface area contributed by atoms with Crippen molar-refractivity contribution in [3.63, 3.8) is 0 Å². The van der Waals surface area contributed by atoms with E-state index in [1.807, 2.05) is 6.07 Å². The predicted molar refractivity (Wildman–Crippen MR) is 172 cm³/mol. The third-order valence-electron chi connectivity index (χ3n) is 8.30. The number of carbonyl (C=O) groups is 4. The van der Waals surface area contributed by atoms with Crippen LogP contribution in [0.25, 0.3) is 22.1 Å². The van der Waals surface area contributed by atoms with E-state index in [0.717, 1.165) is 0 Å². The van der Waals surface area contributed by atoms with Crippen LogP contribution in [0, 0.1) is 23.7 Å². The zero-order chi connectivity index (χ0) is 33.1. The van der Waals surface area contributed by atoms with Crippen LogP contribution in [-0.4, -0.2) is 59.0 Å². The summed E-state index contributed by atoms with van der Waals surface area (Å²) in [5.41, 5.74) is 3.33. The monoisotopic (exact) mass is 642 g/mol. The average molecular weight is 643 g/mol. The highest BCUT2D eigenvalue weighted by Crippen LogP contribution is 2.28. The van der Waals surface area contributed by atoms with E-state index < -0.39 is 12.1 Å². The maximum atomic E-state index is 12.7. The quantitative estimate of drug-likeness (QED) is 0.201. The van der Waals surface area contributed by atoms with Crippen LogP contribution in [0.3, 0.4) is 0 Å². The molecule has 6 rings (SSSR count). The summed E-state index contributed by atoms with van der Waals surface area (Å²) >= 11 is 5.61. The number of aromatic nitrogens is 4. The maximum absolute atomic E-state index is 12.7. The van der Waals surface area contributed by atoms with Crippen molar-refractivity contribution in [2.24, 2.45) is 14.1 Å². The number of imidazole rings is 2. The predicted octanol–water partition coefficient (Wildman–Crippen LogP) is 2.34. The fraction of sp³-hybridized carbons (Fsp3) is 0.353. The van der Waals surface area contributed by atoms with Gasteiger partial charge in [0, 0.05) is 26.9 Å². The van der Waals surface area contributed by atoms with Crippen molar-refractivity contribution in [3.05, 3.63) is 68.5 Å². The molecule has 2 aliphatic carbocycles. The van der Waals surface area contributed by atoms with E-state index in [0.29, 0.717) is 58.9 Å². The Morgan fingerprint density at radius 1 is 0.717 bits per heavy atom. The van der Waals surface area contributed by atoms with Crippen molar-refractivity contribution >= 4 is 56.8 Å². The number of aliphatic hydroxyl groups excluding tert-OH is 1. The van der Waals surface area contributed by atoms with E-state index in [2.05, 4.69) is 23.7 Å². The van der Waals surface area contributed by atoms with Gasteiger partial charge in [0.05, 0.1) is 64.0 Å². The fourth-order valence-corrected chi connectivity index (χ4v) is 6.28. The number of aryl methyl sites for hydroxylation is 2. The molecular weight excluding hydrogens is 612 g/mol. The van der Waals surface area contributed by atoms with Crippen LogP contribution in [0.15, 0.2) is 46.0 Å². The average Bonchev–Trinajstić information content (AvgIpc) is 3.44. The van der Waals surface area contributed by atoms with Gasteiger partial charge in [-0.05, 0) is 37.1 Å². The number of rotatable bonds is 2. The summed E-state index contributed by atoms with van der Waals surface area (Å²) in [6.07, 6.45) is 1.14. The lowest BCUT2D eigenvalue weighted by Gasteiger charge is -2.21. The molecule has 236 valence electrons. The molecule has 11 nitrogen and oxygen atoms in total. The standard InChI is InChI=1S/C17H15ClN2O3.C17H16N2O4/c1-19-16-11(5-3-9-18)4-2-6-14(16)20(17(19)23)13-8-7-12(21)10-15(13)22;1-18-16-11(5-3-9-20)4-2-6-14(16)19(17(18)23)13-8-7-12(21)10-15(13)22/h2,4,6,13H,7-10H2,1H3;2,4,6,13,20H,7-10H2,1H3. The fourth-order valence-electron chi connectivity index (χ4n) is 6.21. The normalized spacial score (nSPS) is 18.1. The molecule has 1 N–H and O–H groups in total. The topological polar surface area (TPSA) is 142 Å². The molecule has 2 aromatic heterocycles. The first-order valence-electron chi connectivity index (χ1n) is 14.7. The second-order valence-electron chi connectivity index (χ2n) is 11.1. The summed E-state index contributed by atoms with van der Waals surface area (Å²) < 4.78 is 5.92. The van der Waals surface area contributed by atoms with Gasteiger partial charge in [-0.25, -0.2) is 9.59 Å². The van der Waals surface area contributed by atoms with Crippen molar-refractivity contribution in [1.29, 1.82) is 0 Å². The first-order chi connectivity index (χ1) is 22.1. The molecule has 4 aromatic rings. The molecule has 0 amide bonds. The Morgan fingerprint density at radius 3 is 1.54 bits per heavy atom. The third kappa shape index (κ3) is 6.00. The van der Waals surface area contributed by atoms with Gasteiger partial charge in [0.25, 0.3) is 0 Å². The number of carbonyl (C=O) groups excluding carboxylic acids is 4. The Labute approximate surface area is 268 Å². The lowest BCUT2D eigenvalue weighted by Crippen LogP contribution is -2.34. The van der Waals surface area contributed by atoms with Gasteiger partial charge in [0.15, 0.2) is 11.6 Å². The Hall–Kier alpha value is -4.97. The Morgan fingerprint density at radius 2 is 1.15 bits per heavy atom. The SMILES string of the molecule is Cn1c(=O)n(C2CCC(=O)CC2=O)c2cccc(C#CCCl)c21.Cn1c(=O)n(C2CCC(=O)CC2=O)c2cccc(C#CCO)c21. The Kier molecular flexibility index (Phi) is 9.57. The van der Waals surface area contributed by atoms with Gasteiger partial charge in [0.2, 0.25) is 0 Å². The lowest BCUT2D eigenvalue weighted by molar-refractivity contribution is -0.133. The molecule has 0 aliphatic heterocycles. The molecule has 2 aliphatic rings. The van der Waals surface area contributed by atoms with Gasteiger partial charge in [-0.2, -0.15) is 0 Å². The molecule has 2 aromatic carbocycles. The van der Waals surface area contributed by atoms with Gasteiger partial charge in [-0.15, -0.1) is 11.6 Å². The van der Waals surface area contributed by atoms with E-state index in [4.69, 9.17) is 16.7 Å². The van der Waals surface area contributed by atoms with E-state index >= 15 is 0 Å².